The zero-order valence-corrected chi connectivity index (χ0v) is 9.74. The first-order valence-corrected chi connectivity index (χ1v) is 5.39. The van der Waals surface area contributed by atoms with Crippen LogP contribution < -0.4 is 4.74 Å². The van der Waals surface area contributed by atoms with Crippen LogP contribution in [-0.4, -0.2) is 11.2 Å². The molecule has 2 heteroatoms. The molecule has 1 aromatic carbocycles. The Bertz CT molecular complexity index is 377. The van der Waals surface area contributed by atoms with Crippen LogP contribution in [0.25, 0.3) is 0 Å². The fraction of sp³-hybridized carbons (Fsp3) is 0.538. The fourth-order valence-electron chi connectivity index (χ4n) is 2.01. The van der Waals surface area contributed by atoms with Gasteiger partial charge in [-0.05, 0) is 17.9 Å². The first-order chi connectivity index (χ1) is 6.91. The van der Waals surface area contributed by atoms with Crippen LogP contribution in [-0.2, 0) is 5.41 Å². The van der Waals surface area contributed by atoms with Gasteiger partial charge in [0.1, 0.15) is 18.0 Å². The molecule has 2 rings (SSSR count). The standard InChI is InChI=1S/C13H18O2/c1-8-11(14)9-6-5-7-10(12(9)15-8)13(2,3)4/h5-8,11,14H,1-4H3. The maximum atomic E-state index is 9.92. The van der Waals surface area contributed by atoms with Gasteiger partial charge in [-0.15, -0.1) is 0 Å². The van der Waals surface area contributed by atoms with Gasteiger partial charge in [0, 0.05) is 5.56 Å². The average molecular weight is 206 g/mol. The van der Waals surface area contributed by atoms with Gasteiger partial charge in [-0.3, -0.25) is 0 Å². The number of hydrogen-bond acceptors (Lipinski definition) is 2. The molecule has 1 N–H and O–H groups in total. The lowest BCUT2D eigenvalue weighted by atomic mass is 9.85. The summed E-state index contributed by atoms with van der Waals surface area (Å²) in [5.41, 5.74) is 2.15. The minimum atomic E-state index is -0.484. The quantitative estimate of drug-likeness (QED) is 0.707. The maximum Gasteiger partial charge on any atom is 0.129 e. The summed E-state index contributed by atoms with van der Waals surface area (Å²) in [5, 5.41) is 9.92. The van der Waals surface area contributed by atoms with E-state index in [4.69, 9.17) is 4.74 Å². The Morgan fingerprint density at radius 2 is 1.93 bits per heavy atom. The molecule has 1 aliphatic rings. The van der Waals surface area contributed by atoms with E-state index in [1.54, 1.807) is 0 Å². The molecule has 82 valence electrons. The summed E-state index contributed by atoms with van der Waals surface area (Å²) in [4.78, 5) is 0. The number of aliphatic hydroxyl groups excluding tert-OH is 1. The third kappa shape index (κ3) is 1.63. The van der Waals surface area contributed by atoms with E-state index in [2.05, 4.69) is 26.8 Å². The molecule has 0 spiro atoms. The highest BCUT2D eigenvalue weighted by Crippen LogP contribution is 2.43. The van der Waals surface area contributed by atoms with E-state index < -0.39 is 6.10 Å². The van der Waals surface area contributed by atoms with Gasteiger partial charge in [0.2, 0.25) is 0 Å². The van der Waals surface area contributed by atoms with Crippen LogP contribution in [0.5, 0.6) is 5.75 Å². The summed E-state index contributed by atoms with van der Waals surface area (Å²) in [5.74, 6) is 0.880. The first kappa shape index (κ1) is 10.5. The van der Waals surface area contributed by atoms with E-state index in [9.17, 15) is 5.11 Å². The molecule has 2 nitrogen and oxygen atoms in total. The summed E-state index contributed by atoms with van der Waals surface area (Å²) in [6.07, 6.45) is -0.620. The van der Waals surface area contributed by atoms with Crippen LogP contribution in [0.3, 0.4) is 0 Å². The highest BCUT2D eigenvalue weighted by atomic mass is 16.5. The van der Waals surface area contributed by atoms with E-state index in [0.717, 1.165) is 11.3 Å². The Morgan fingerprint density at radius 3 is 2.53 bits per heavy atom. The van der Waals surface area contributed by atoms with E-state index in [1.807, 2.05) is 19.1 Å². The number of fused-ring (bicyclic) bond motifs is 1. The van der Waals surface area contributed by atoms with Gasteiger partial charge >= 0.3 is 0 Å². The van der Waals surface area contributed by atoms with Crippen molar-refractivity contribution in [3.63, 3.8) is 0 Å². The number of para-hydroxylation sites is 1. The summed E-state index contributed by atoms with van der Waals surface area (Å²) >= 11 is 0. The smallest absolute Gasteiger partial charge is 0.129 e. The normalized spacial score (nSPS) is 24.9. The van der Waals surface area contributed by atoms with Gasteiger partial charge < -0.3 is 9.84 Å². The molecule has 0 fully saturated rings. The Kier molecular flexibility index (Phi) is 2.27. The number of aliphatic hydroxyl groups is 1. The van der Waals surface area contributed by atoms with Crippen molar-refractivity contribution >= 4 is 0 Å². The Hall–Kier alpha value is -1.02. The molecule has 15 heavy (non-hydrogen) atoms. The van der Waals surface area contributed by atoms with Crippen LogP contribution in [0, 0.1) is 0 Å². The second-order valence-electron chi connectivity index (χ2n) is 5.24. The van der Waals surface area contributed by atoms with Crippen molar-refractivity contribution in [3.05, 3.63) is 29.3 Å². The van der Waals surface area contributed by atoms with Crippen molar-refractivity contribution in [1.29, 1.82) is 0 Å². The molecule has 1 aromatic rings. The van der Waals surface area contributed by atoms with Gasteiger partial charge in [0.25, 0.3) is 0 Å². The second-order valence-corrected chi connectivity index (χ2v) is 5.24. The minimum absolute atomic E-state index is 0.0507. The SMILES string of the molecule is CC1Oc2c(cccc2C(C)(C)C)C1O. The zero-order valence-electron chi connectivity index (χ0n) is 9.74. The summed E-state index contributed by atoms with van der Waals surface area (Å²) < 4.78 is 5.73. The van der Waals surface area contributed by atoms with Crippen molar-refractivity contribution in [2.75, 3.05) is 0 Å². The molecule has 2 atom stereocenters. The van der Waals surface area contributed by atoms with E-state index >= 15 is 0 Å². The third-order valence-electron chi connectivity index (χ3n) is 2.92. The summed E-state index contributed by atoms with van der Waals surface area (Å²) in [6, 6.07) is 6.01. The monoisotopic (exact) mass is 206 g/mol. The van der Waals surface area contributed by atoms with Crippen molar-refractivity contribution in [2.24, 2.45) is 0 Å². The van der Waals surface area contributed by atoms with Crippen LogP contribution in [0.15, 0.2) is 18.2 Å². The molecular weight excluding hydrogens is 188 g/mol. The van der Waals surface area contributed by atoms with Gasteiger partial charge in [0.05, 0.1) is 0 Å². The van der Waals surface area contributed by atoms with Gasteiger partial charge in [0.15, 0.2) is 0 Å². The maximum absolute atomic E-state index is 9.92. The highest BCUT2D eigenvalue weighted by Gasteiger charge is 2.33. The lowest BCUT2D eigenvalue weighted by Crippen LogP contribution is -2.15. The van der Waals surface area contributed by atoms with Crippen molar-refractivity contribution < 1.29 is 9.84 Å². The molecular formula is C13H18O2. The van der Waals surface area contributed by atoms with Crippen molar-refractivity contribution in [3.8, 4) is 5.75 Å². The molecule has 0 radical (unpaired) electrons. The molecule has 0 saturated heterocycles. The number of rotatable bonds is 0. The number of benzene rings is 1. The van der Waals surface area contributed by atoms with Gasteiger partial charge in [-0.2, -0.15) is 0 Å². The molecule has 0 aliphatic carbocycles. The topological polar surface area (TPSA) is 29.5 Å². The van der Waals surface area contributed by atoms with Crippen LogP contribution in [0.2, 0.25) is 0 Å². The van der Waals surface area contributed by atoms with Crippen molar-refractivity contribution in [1.82, 2.24) is 0 Å². The zero-order chi connectivity index (χ0) is 11.2. The van der Waals surface area contributed by atoms with Crippen molar-refractivity contribution in [2.45, 2.75) is 45.3 Å². The largest absolute Gasteiger partial charge is 0.487 e. The lowest BCUT2D eigenvalue weighted by molar-refractivity contribution is 0.0789. The summed E-state index contributed by atoms with van der Waals surface area (Å²) in [7, 11) is 0. The first-order valence-electron chi connectivity index (χ1n) is 5.39. The molecule has 0 amide bonds. The molecule has 0 bridgehead atoms. The number of hydrogen-bond donors (Lipinski definition) is 1. The molecule has 0 aromatic heterocycles. The fourth-order valence-corrected chi connectivity index (χ4v) is 2.01. The van der Waals surface area contributed by atoms with E-state index in [-0.39, 0.29) is 11.5 Å². The summed E-state index contributed by atoms with van der Waals surface area (Å²) in [6.45, 7) is 8.36. The lowest BCUT2D eigenvalue weighted by Gasteiger charge is -2.21. The Morgan fingerprint density at radius 1 is 1.27 bits per heavy atom. The van der Waals surface area contributed by atoms with Crippen LogP contribution in [0.4, 0.5) is 0 Å². The Balaban J connectivity index is 2.55. The highest BCUT2D eigenvalue weighted by molar-refractivity contribution is 5.49. The average Bonchev–Trinajstić information content (AvgIpc) is 2.41. The number of ether oxygens (including phenoxy) is 1. The predicted octanol–water partition coefficient (Wildman–Crippen LogP) is 2.80. The van der Waals surface area contributed by atoms with Crippen LogP contribution in [0.1, 0.15) is 44.9 Å². The van der Waals surface area contributed by atoms with E-state index in [0.29, 0.717) is 0 Å². The minimum Gasteiger partial charge on any atom is -0.487 e. The van der Waals surface area contributed by atoms with Gasteiger partial charge in [-0.25, -0.2) is 0 Å². The third-order valence-corrected chi connectivity index (χ3v) is 2.92. The molecule has 1 aliphatic heterocycles. The molecule has 1 heterocycles. The van der Waals surface area contributed by atoms with Crippen LogP contribution >= 0.6 is 0 Å². The second kappa shape index (κ2) is 3.24. The van der Waals surface area contributed by atoms with E-state index in [1.165, 1.54) is 5.56 Å². The molecule has 2 unspecified atom stereocenters. The predicted molar refractivity (Wildman–Crippen MR) is 60.2 cm³/mol. The van der Waals surface area contributed by atoms with Gasteiger partial charge in [-0.1, -0.05) is 39.0 Å². The molecule has 0 saturated carbocycles. The Labute approximate surface area is 90.9 Å².